The number of nitrogens with zero attached hydrogens (tertiary/aromatic N) is 4. The number of aromatic nitrogens is 3. The molecule has 5 heteroatoms. The maximum absolute atomic E-state index is 4.64. The summed E-state index contributed by atoms with van der Waals surface area (Å²) >= 11 is 0. The van der Waals surface area contributed by atoms with E-state index in [1.54, 1.807) is 6.33 Å². The fourth-order valence-corrected chi connectivity index (χ4v) is 3.69. The Kier molecular flexibility index (Phi) is 5.86. The van der Waals surface area contributed by atoms with Gasteiger partial charge in [0.2, 0.25) is 0 Å². The highest BCUT2D eigenvalue weighted by Gasteiger charge is 2.17. The lowest BCUT2D eigenvalue weighted by atomic mass is 10.1. The minimum atomic E-state index is 0.846. The first-order valence-electron chi connectivity index (χ1n) is 10.2. The third-order valence-corrected chi connectivity index (χ3v) is 5.32. The Morgan fingerprint density at radius 1 is 0.897 bits per heavy atom. The van der Waals surface area contributed by atoms with Crippen molar-refractivity contribution in [1.29, 1.82) is 0 Å². The molecule has 5 nitrogen and oxygen atoms in total. The van der Waals surface area contributed by atoms with E-state index in [2.05, 4.69) is 81.2 Å². The summed E-state index contributed by atoms with van der Waals surface area (Å²) in [5.41, 5.74) is 4.30. The fourth-order valence-electron chi connectivity index (χ4n) is 3.69. The first-order chi connectivity index (χ1) is 14.3. The predicted molar refractivity (Wildman–Crippen MR) is 121 cm³/mol. The normalized spacial score (nSPS) is 11.3. The Hall–Kier alpha value is -3.18. The monoisotopic (exact) mass is 385 g/mol. The van der Waals surface area contributed by atoms with Gasteiger partial charge in [0.25, 0.3) is 0 Å². The van der Waals surface area contributed by atoms with Crippen LogP contribution in [0, 0.1) is 0 Å². The molecule has 0 radical (unpaired) electrons. The van der Waals surface area contributed by atoms with Gasteiger partial charge in [0, 0.05) is 30.5 Å². The Bertz CT molecular complexity index is 1050. The van der Waals surface area contributed by atoms with Crippen molar-refractivity contribution in [2.45, 2.75) is 13.8 Å². The van der Waals surface area contributed by atoms with Gasteiger partial charge in [0.15, 0.2) is 5.65 Å². The summed E-state index contributed by atoms with van der Waals surface area (Å²) in [5, 5.41) is 4.61. The second kappa shape index (κ2) is 8.88. The van der Waals surface area contributed by atoms with Gasteiger partial charge in [-0.1, -0.05) is 62.4 Å². The largest absolute Gasteiger partial charge is 0.368 e. The van der Waals surface area contributed by atoms with E-state index < -0.39 is 0 Å². The van der Waals surface area contributed by atoms with E-state index in [-0.39, 0.29) is 0 Å². The number of para-hydroxylation sites is 1. The van der Waals surface area contributed by atoms with Crippen molar-refractivity contribution in [2.24, 2.45) is 0 Å². The lowest BCUT2D eigenvalue weighted by Crippen LogP contribution is -2.28. The van der Waals surface area contributed by atoms with Crippen LogP contribution < -0.4 is 5.32 Å². The van der Waals surface area contributed by atoms with Crippen molar-refractivity contribution in [1.82, 2.24) is 19.4 Å². The van der Waals surface area contributed by atoms with Crippen molar-refractivity contribution in [3.63, 3.8) is 0 Å². The van der Waals surface area contributed by atoms with Crippen molar-refractivity contribution in [2.75, 3.05) is 31.5 Å². The summed E-state index contributed by atoms with van der Waals surface area (Å²) in [4.78, 5) is 11.6. The van der Waals surface area contributed by atoms with Crippen LogP contribution in [-0.2, 0) is 0 Å². The van der Waals surface area contributed by atoms with E-state index in [1.165, 1.54) is 0 Å². The van der Waals surface area contributed by atoms with Crippen molar-refractivity contribution >= 4 is 16.9 Å². The molecule has 0 unspecified atom stereocenters. The molecule has 0 amide bonds. The molecular formula is C24H27N5. The number of rotatable bonds is 8. The number of hydrogen-bond acceptors (Lipinski definition) is 4. The zero-order chi connectivity index (χ0) is 20.1. The van der Waals surface area contributed by atoms with E-state index in [9.17, 15) is 0 Å². The van der Waals surface area contributed by atoms with Gasteiger partial charge in [-0.2, -0.15) is 0 Å². The average molecular weight is 386 g/mol. The minimum Gasteiger partial charge on any atom is -0.368 e. The fraction of sp³-hybridized carbons (Fsp3) is 0.250. The van der Waals surface area contributed by atoms with E-state index in [4.69, 9.17) is 0 Å². The van der Waals surface area contributed by atoms with Crippen LogP contribution in [0.3, 0.4) is 0 Å². The molecule has 29 heavy (non-hydrogen) atoms. The molecule has 2 heterocycles. The molecule has 0 aliphatic heterocycles. The maximum atomic E-state index is 4.64. The highest BCUT2D eigenvalue weighted by Crippen LogP contribution is 2.35. The molecule has 0 fully saturated rings. The van der Waals surface area contributed by atoms with E-state index in [1.807, 2.05) is 24.3 Å². The lowest BCUT2D eigenvalue weighted by Gasteiger charge is -2.18. The molecule has 0 atom stereocenters. The van der Waals surface area contributed by atoms with Crippen LogP contribution in [-0.4, -0.2) is 45.6 Å². The van der Waals surface area contributed by atoms with Gasteiger partial charge in [0.1, 0.15) is 12.1 Å². The Morgan fingerprint density at radius 2 is 1.59 bits per heavy atom. The molecule has 0 aliphatic rings. The van der Waals surface area contributed by atoms with Crippen LogP contribution in [0.1, 0.15) is 13.8 Å². The van der Waals surface area contributed by atoms with Crippen LogP contribution in [0.4, 0.5) is 5.82 Å². The van der Waals surface area contributed by atoms with Crippen LogP contribution in [0.15, 0.2) is 73.2 Å². The Balaban J connectivity index is 1.80. The maximum Gasteiger partial charge on any atom is 0.150 e. The van der Waals surface area contributed by atoms with E-state index >= 15 is 0 Å². The summed E-state index contributed by atoms with van der Waals surface area (Å²) in [6.07, 6.45) is 3.82. The molecule has 0 aliphatic carbocycles. The standard InChI is InChI=1S/C24H27N5/c1-3-28(4-2)16-15-25-23-22-21(19-11-7-5-8-12-19)17-29(24(22)27-18-26-23)20-13-9-6-10-14-20/h5-14,17-18H,3-4,15-16H2,1-2H3,(H,25,26,27). The molecule has 0 bridgehead atoms. The summed E-state index contributed by atoms with van der Waals surface area (Å²) in [6.45, 7) is 8.32. The van der Waals surface area contributed by atoms with Gasteiger partial charge < -0.3 is 14.8 Å². The van der Waals surface area contributed by atoms with Crippen LogP contribution in [0.2, 0.25) is 0 Å². The first kappa shape index (κ1) is 19.2. The minimum absolute atomic E-state index is 0.846. The van der Waals surface area contributed by atoms with E-state index in [0.717, 1.165) is 59.8 Å². The lowest BCUT2D eigenvalue weighted by molar-refractivity contribution is 0.316. The van der Waals surface area contributed by atoms with Gasteiger partial charge in [-0.3, -0.25) is 0 Å². The second-order valence-corrected chi connectivity index (χ2v) is 6.99. The van der Waals surface area contributed by atoms with Crippen molar-refractivity contribution < 1.29 is 0 Å². The predicted octanol–water partition coefficient (Wildman–Crippen LogP) is 4.84. The average Bonchev–Trinajstić information content (AvgIpc) is 3.18. The van der Waals surface area contributed by atoms with Crippen LogP contribution in [0.5, 0.6) is 0 Å². The molecule has 2 aromatic carbocycles. The molecule has 0 saturated heterocycles. The SMILES string of the molecule is CCN(CC)CCNc1ncnc2c1c(-c1ccccc1)cn2-c1ccccc1. The van der Waals surface area contributed by atoms with Gasteiger partial charge in [-0.05, 0) is 30.8 Å². The number of benzene rings is 2. The Morgan fingerprint density at radius 3 is 2.28 bits per heavy atom. The smallest absolute Gasteiger partial charge is 0.150 e. The van der Waals surface area contributed by atoms with Gasteiger partial charge in [-0.15, -0.1) is 0 Å². The summed E-state index contributed by atoms with van der Waals surface area (Å²) in [6, 6.07) is 20.8. The van der Waals surface area contributed by atoms with Gasteiger partial charge in [-0.25, -0.2) is 9.97 Å². The quantitative estimate of drug-likeness (QED) is 0.471. The van der Waals surface area contributed by atoms with Gasteiger partial charge in [0.05, 0.1) is 5.39 Å². The van der Waals surface area contributed by atoms with Crippen molar-refractivity contribution in [3.8, 4) is 16.8 Å². The molecule has 148 valence electrons. The van der Waals surface area contributed by atoms with Crippen LogP contribution >= 0.6 is 0 Å². The highest BCUT2D eigenvalue weighted by atomic mass is 15.1. The van der Waals surface area contributed by atoms with E-state index in [0.29, 0.717) is 0 Å². The summed E-state index contributed by atoms with van der Waals surface area (Å²) < 4.78 is 2.15. The summed E-state index contributed by atoms with van der Waals surface area (Å²) in [7, 11) is 0. The number of likely N-dealkylation sites (N-methyl/N-ethyl adjacent to an activating group) is 1. The topological polar surface area (TPSA) is 46.0 Å². The highest BCUT2D eigenvalue weighted by molar-refractivity contribution is 6.02. The third-order valence-electron chi connectivity index (χ3n) is 5.32. The number of anilines is 1. The van der Waals surface area contributed by atoms with Crippen LogP contribution in [0.25, 0.3) is 27.8 Å². The first-order valence-corrected chi connectivity index (χ1v) is 10.2. The molecular weight excluding hydrogens is 358 g/mol. The number of hydrogen-bond donors (Lipinski definition) is 1. The zero-order valence-electron chi connectivity index (χ0n) is 17.0. The number of fused-ring (bicyclic) bond motifs is 1. The molecule has 4 aromatic rings. The summed E-state index contributed by atoms with van der Waals surface area (Å²) in [5.74, 6) is 0.885. The zero-order valence-corrected chi connectivity index (χ0v) is 17.0. The number of nitrogens with one attached hydrogen (secondary N) is 1. The molecule has 4 rings (SSSR count). The Labute approximate surface area is 172 Å². The molecule has 1 N–H and O–H groups in total. The molecule has 0 saturated carbocycles. The van der Waals surface area contributed by atoms with Crippen molar-refractivity contribution in [3.05, 3.63) is 73.2 Å². The molecule has 0 spiro atoms. The third kappa shape index (κ3) is 4.00. The molecule has 2 aromatic heterocycles. The second-order valence-electron chi connectivity index (χ2n) is 6.99. The van der Waals surface area contributed by atoms with Gasteiger partial charge >= 0.3 is 0 Å².